The summed E-state index contributed by atoms with van der Waals surface area (Å²) in [4.78, 5) is 7.45. The van der Waals surface area contributed by atoms with Crippen molar-refractivity contribution >= 4 is 23.0 Å². The second kappa shape index (κ2) is 6.08. The van der Waals surface area contributed by atoms with E-state index in [2.05, 4.69) is 31.9 Å². The van der Waals surface area contributed by atoms with E-state index in [1.807, 2.05) is 6.92 Å². The maximum Gasteiger partial charge on any atom is 0.139 e. The molecule has 1 aromatic heterocycles. The van der Waals surface area contributed by atoms with Crippen molar-refractivity contribution in [2.24, 2.45) is 11.7 Å². The van der Waals surface area contributed by atoms with Crippen molar-refractivity contribution in [1.29, 1.82) is 0 Å². The molecule has 0 amide bonds. The molecule has 2 N–H and O–H groups in total. The molecule has 0 bridgehead atoms. The van der Waals surface area contributed by atoms with Crippen LogP contribution in [0.25, 0.3) is 0 Å². The van der Waals surface area contributed by atoms with Gasteiger partial charge in [0.05, 0.1) is 5.56 Å². The zero-order valence-corrected chi connectivity index (χ0v) is 13.8. The van der Waals surface area contributed by atoms with Crippen LogP contribution in [0.2, 0.25) is 0 Å². The lowest BCUT2D eigenvalue weighted by atomic mass is 9.86. The van der Waals surface area contributed by atoms with Crippen LogP contribution in [0.1, 0.15) is 49.4 Å². The molecule has 0 saturated heterocycles. The van der Waals surface area contributed by atoms with Crippen LogP contribution in [0.3, 0.4) is 0 Å². The molecule has 1 saturated carbocycles. The van der Waals surface area contributed by atoms with Gasteiger partial charge in [-0.2, -0.15) is 0 Å². The van der Waals surface area contributed by atoms with E-state index < -0.39 is 0 Å². The van der Waals surface area contributed by atoms with Crippen LogP contribution < -0.4 is 10.6 Å². The number of rotatable bonds is 3. The Kier molecular flexibility index (Phi) is 4.63. The van der Waals surface area contributed by atoms with E-state index in [4.69, 9.17) is 22.9 Å². The summed E-state index contributed by atoms with van der Waals surface area (Å²) in [6.07, 6.45) is 5.04. The van der Waals surface area contributed by atoms with Crippen LogP contribution in [-0.4, -0.2) is 23.1 Å². The number of hydrogen-bond acceptors (Lipinski definition) is 3. The first-order valence-electron chi connectivity index (χ1n) is 7.41. The highest BCUT2D eigenvalue weighted by molar-refractivity contribution is 7.80. The number of thiocarbonyl (C=S) groups is 1. The van der Waals surface area contributed by atoms with Gasteiger partial charge in [-0.25, -0.2) is 4.98 Å². The predicted molar refractivity (Wildman–Crippen MR) is 89.4 cm³/mol. The predicted octanol–water partition coefficient (Wildman–Crippen LogP) is 3.35. The largest absolute Gasteiger partial charge is 0.389 e. The van der Waals surface area contributed by atoms with Crippen LogP contribution >= 0.6 is 12.2 Å². The third-order valence-electron chi connectivity index (χ3n) is 4.44. The first-order chi connectivity index (χ1) is 9.40. The molecule has 0 spiro atoms. The minimum absolute atomic E-state index is 0.445. The van der Waals surface area contributed by atoms with Crippen molar-refractivity contribution in [1.82, 2.24) is 4.98 Å². The molecule has 0 aromatic carbocycles. The lowest BCUT2D eigenvalue weighted by Gasteiger charge is -2.35. The zero-order valence-electron chi connectivity index (χ0n) is 12.9. The van der Waals surface area contributed by atoms with Gasteiger partial charge in [-0.1, -0.05) is 19.1 Å². The lowest BCUT2D eigenvalue weighted by Crippen LogP contribution is -2.37. The van der Waals surface area contributed by atoms with Gasteiger partial charge in [0.25, 0.3) is 0 Å². The SMILES string of the molecule is Cc1cc(C)c(C(N)=S)c(N(C)C2CCC(C)CC2)n1. The van der Waals surface area contributed by atoms with Crippen LogP contribution in [-0.2, 0) is 0 Å². The summed E-state index contributed by atoms with van der Waals surface area (Å²) in [6, 6.07) is 2.60. The molecule has 1 heterocycles. The molecule has 1 aromatic rings. The Hall–Kier alpha value is -1.16. The Bertz CT molecular complexity index is 505. The minimum Gasteiger partial charge on any atom is -0.389 e. The summed E-state index contributed by atoms with van der Waals surface area (Å²) >= 11 is 5.23. The molecule has 0 radical (unpaired) electrons. The monoisotopic (exact) mass is 291 g/mol. The molecule has 110 valence electrons. The van der Waals surface area contributed by atoms with Crippen molar-refractivity contribution in [3.63, 3.8) is 0 Å². The average molecular weight is 291 g/mol. The van der Waals surface area contributed by atoms with E-state index in [-0.39, 0.29) is 0 Å². The second-order valence-electron chi connectivity index (χ2n) is 6.17. The molecule has 0 aliphatic heterocycles. The number of hydrogen-bond donors (Lipinski definition) is 1. The van der Waals surface area contributed by atoms with E-state index in [1.54, 1.807) is 0 Å². The quantitative estimate of drug-likeness (QED) is 0.867. The van der Waals surface area contributed by atoms with E-state index in [0.717, 1.165) is 28.6 Å². The van der Waals surface area contributed by atoms with Gasteiger partial charge in [-0.15, -0.1) is 0 Å². The van der Waals surface area contributed by atoms with Gasteiger partial charge in [0.1, 0.15) is 10.8 Å². The van der Waals surface area contributed by atoms with Crippen LogP contribution in [0.5, 0.6) is 0 Å². The molecule has 0 atom stereocenters. The van der Waals surface area contributed by atoms with Crippen LogP contribution in [0.4, 0.5) is 5.82 Å². The second-order valence-corrected chi connectivity index (χ2v) is 6.61. The Morgan fingerprint density at radius 1 is 1.30 bits per heavy atom. The summed E-state index contributed by atoms with van der Waals surface area (Å²) in [7, 11) is 2.13. The van der Waals surface area contributed by atoms with E-state index >= 15 is 0 Å². The molecular weight excluding hydrogens is 266 g/mol. The van der Waals surface area contributed by atoms with Gasteiger partial charge in [0, 0.05) is 18.8 Å². The Morgan fingerprint density at radius 3 is 2.45 bits per heavy atom. The van der Waals surface area contributed by atoms with Gasteiger partial charge in [0.15, 0.2) is 0 Å². The molecule has 1 aliphatic rings. The lowest BCUT2D eigenvalue weighted by molar-refractivity contribution is 0.340. The highest BCUT2D eigenvalue weighted by atomic mass is 32.1. The number of aromatic nitrogens is 1. The standard InChI is InChI=1S/C16H25N3S/c1-10-5-7-13(8-6-10)19(4)16-14(15(17)20)11(2)9-12(3)18-16/h9-10,13H,5-8H2,1-4H3,(H2,17,20). The highest BCUT2D eigenvalue weighted by Crippen LogP contribution is 2.31. The summed E-state index contributed by atoms with van der Waals surface area (Å²) in [5.41, 5.74) is 9.00. The minimum atomic E-state index is 0.445. The summed E-state index contributed by atoms with van der Waals surface area (Å²) < 4.78 is 0. The summed E-state index contributed by atoms with van der Waals surface area (Å²) in [6.45, 7) is 6.42. The third kappa shape index (κ3) is 3.11. The van der Waals surface area contributed by atoms with Crippen molar-refractivity contribution < 1.29 is 0 Å². The van der Waals surface area contributed by atoms with E-state index in [1.165, 1.54) is 25.7 Å². The van der Waals surface area contributed by atoms with Gasteiger partial charge in [0.2, 0.25) is 0 Å². The Morgan fingerprint density at radius 2 is 1.90 bits per heavy atom. The maximum absolute atomic E-state index is 5.92. The van der Waals surface area contributed by atoms with Crippen LogP contribution in [0, 0.1) is 19.8 Å². The Balaban J connectivity index is 2.33. The van der Waals surface area contributed by atoms with Crippen molar-refractivity contribution in [2.45, 2.75) is 52.5 Å². The fourth-order valence-corrected chi connectivity index (χ4v) is 3.43. The maximum atomic E-state index is 5.92. The number of pyridine rings is 1. The molecular formula is C16H25N3S. The van der Waals surface area contributed by atoms with Gasteiger partial charge in [-0.05, 0) is 57.1 Å². The smallest absolute Gasteiger partial charge is 0.139 e. The number of nitrogens with two attached hydrogens (primary N) is 1. The number of anilines is 1. The molecule has 0 unspecified atom stereocenters. The van der Waals surface area contributed by atoms with Gasteiger partial charge in [-0.3, -0.25) is 0 Å². The average Bonchev–Trinajstić information content (AvgIpc) is 2.37. The normalized spacial score (nSPS) is 22.6. The molecule has 3 nitrogen and oxygen atoms in total. The molecule has 2 rings (SSSR count). The third-order valence-corrected chi connectivity index (χ3v) is 4.64. The van der Waals surface area contributed by atoms with Crippen molar-refractivity contribution in [3.05, 3.63) is 22.9 Å². The molecule has 4 heteroatoms. The molecule has 1 aliphatic carbocycles. The number of aryl methyl sites for hydroxylation is 2. The van der Waals surface area contributed by atoms with Crippen molar-refractivity contribution in [3.8, 4) is 0 Å². The fourth-order valence-electron chi connectivity index (χ4n) is 3.18. The molecule has 20 heavy (non-hydrogen) atoms. The Labute approximate surface area is 127 Å². The van der Waals surface area contributed by atoms with E-state index in [0.29, 0.717) is 11.0 Å². The first kappa shape index (κ1) is 15.2. The van der Waals surface area contributed by atoms with E-state index in [9.17, 15) is 0 Å². The van der Waals surface area contributed by atoms with Gasteiger partial charge >= 0.3 is 0 Å². The fraction of sp³-hybridized carbons (Fsp3) is 0.625. The summed E-state index contributed by atoms with van der Waals surface area (Å²) in [5.74, 6) is 1.80. The number of nitrogens with zero attached hydrogens (tertiary/aromatic N) is 2. The van der Waals surface area contributed by atoms with Crippen molar-refractivity contribution in [2.75, 3.05) is 11.9 Å². The van der Waals surface area contributed by atoms with Crippen LogP contribution in [0.15, 0.2) is 6.07 Å². The highest BCUT2D eigenvalue weighted by Gasteiger charge is 2.25. The first-order valence-corrected chi connectivity index (χ1v) is 7.81. The zero-order chi connectivity index (χ0) is 14.9. The van der Waals surface area contributed by atoms with Gasteiger partial charge < -0.3 is 10.6 Å². The topological polar surface area (TPSA) is 42.1 Å². The molecule has 1 fully saturated rings. The summed E-state index contributed by atoms with van der Waals surface area (Å²) in [5, 5.41) is 0.